The number of para-hydroxylation sites is 1. The molecule has 1 unspecified atom stereocenters. The van der Waals surface area contributed by atoms with Gasteiger partial charge in [0.15, 0.2) is 0 Å². The van der Waals surface area contributed by atoms with E-state index in [1.807, 2.05) is 38.1 Å². The molecule has 0 fully saturated rings. The zero-order valence-corrected chi connectivity index (χ0v) is 18.6. The van der Waals surface area contributed by atoms with Crippen LogP contribution < -0.4 is 15.6 Å². The minimum atomic E-state index is -3.89. The zero-order chi connectivity index (χ0) is 22.3. The fourth-order valence-electron chi connectivity index (χ4n) is 3.92. The van der Waals surface area contributed by atoms with Crippen molar-refractivity contribution in [2.24, 2.45) is 0 Å². The van der Waals surface area contributed by atoms with Crippen molar-refractivity contribution in [2.45, 2.75) is 38.1 Å². The molecule has 0 spiro atoms. The lowest BCUT2D eigenvalue weighted by molar-refractivity contribution is 0.558. The molecule has 8 nitrogen and oxygen atoms in total. The van der Waals surface area contributed by atoms with E-state index in [0.29, 0.717) is 23.4 Å². The number of sulfonamides is 1. The van der Waals surface area contributed by atoms with Crippen LogP contribution >= 0.6 is 0 Å². The van der Waals surface area contributed by atoms with Gasteiger partial charge < -0.3 is 15.3 Å². The maximum Gasteiger partial charge on any atom is 0.258 e. The second kappa shape index (κ2) is 7.82. The second-order valence-electron chi connectivity index (χ2n) is 7.77. The largest absolute Gasteiger partial charge is 0.387 e. The van der Waals surface area contributed by atoms with Gasteiger partial charge in [0.1, 0.15) is 10.7 Å². The number of fused-ring (bicyclic) bond motifs is 2. The molecule has 0 bridgehead atoms. The Bertz CT molecular complexity index is 1450. The molecular weight excluding hydrogens is 414 g/mol. The number of hydrogen-bond donors (Lipinski definition) is 4. The molecule has 9 heteroatoms. The number of benzene rings is 2. The minimum Gasteiger partial charge on any atom is -0.387 e. The Hall–Kier alpha value is -3.17. The van der Waals surface area contributed by atoms with Crippen molar-refractivity contribution < 1.29 is 8.42 Å². The van der Waals surface area contributed by atoms with Crippen molar-refractivity contribution in [3.63, 3.8) is 0 Å². The molecule has 0 aliphatic rings. The van der Waals surface area contributed by atoms with Crippen LogP contribution in [-0.2, 0) is 16.4 Å². The first kappa shape index (κ1) is 21.1. The highest BCUT2D eigenvalue weighted by molar-refractivity contribution is 7.89. The van der Waals surface area contributed by atoms with Crippen molar-refractivity contribution >= 4 is 37.5 Å². The lowest BCUT2D eigenvalue weighted by Gasteiger charge is -2.17. The predicted molar refractivity (Wildman–Crippen MR) is 123 cm³/mol. The Morgan fingerprint density at radius 3 is 2.55 bits per heavy atom. The molecule has 162 valence electrons. The van der Waals surface area contributed by atoms with E-state index in [1.165, 1.54) is 6.07 Å². The van der Waals surface area contributed by atoms with Gasteiger partial charge in [-0.1, -0.05) is 18.2 Å². The van der Waals surface area contributed by atoms with Gasteiger partial charge >= 0.3 is 0 Å². The highest BCUT2D eigenvalue weighted by atomic mass is 32.2. The number of H-pyrrole nitrogens is 2. The molecule has 31 heavy (non-hydrogen) atoms. The molecule has 4 N–H and O–H groups in total. The third kappa shape index (κ3) is 3.94. The van der Waals surface area contributed by atoms with E-state index >= 15 is 0 Å². The highest BCUT2D eigenvalue weighted by Gasteiger charge is 2.23. The Balaban J connectivity index is 1.67. The van der Waals surface area contributed by atoms with Crippen LogP contribution in [0.15, 0.2) is 46.1 Å². The Kier molecular flexibility index (Phi) is 5.32. The van der Waals surface area contributed by atoms with Crippen LogP contribution in [-0.4, -0.2) is 36.5 Å². The van der Waals surface area contributed by atoms with Crippen molar-refractivity contribution in [2.75, 3.05) is 12.4 Å². The first-order valence-corrected chi connectivity index (χ1v) is 11.5. The Labute approximate surface area is 180 Å². The zero-order valence-electron chi connectivity index (χ0n) is 17.8. The number of nitrogens with zero attached hydrogens (tertiary/aromatic N) is 1. The quantitative estimate of drug-likeness (QED) is 0.368. The van der Waals surface area contributed by atoms with Crippen LogP contribution in [0.1, 0.15) is 24.0 Å². The van der Waals surface area contributed by atoms with Crippen molar-refractivity contribution in [1.82, 2.24) is 19.7 Å². The topological polar surface area (TPSA) is 120 Å². The maximum atomic E-state index is 13.2. The van der Waals surface area contributed by atoms with Crippen LogP contribution in [0.25, 0.3) is 21.8 Å². The van der Waals surface area contributed by atoms with Gasteiger partial charge in [-0.05, 0) is 44.5 Å². The van der Waals surface area contributed by atoms with E-state index in [2.05, 4.69) is 25.0 Å². The van der Waals surface area contributed by atoms with Crippen LogP contribution in [0.5, 0.6) is 0 Å². The third-order valence-electron chi connectivity index (χ3n) is 5.42. The number of hydrogen-bond acceptors (Lipinski definition) is 5. The number of aromatic nitrogens is 3. The summed E-state index contributed by atoms with van der Waals surface area (Å²) in [6.45, 7) is 5.53. The first-order chi connectivity index (χ1) is 14.7. The summed E-state index contributed by atoms with van der Waals surface area (Å²) < 4.78 is 29.1. The van der Waals surface area contributed by atoms with Gasteiger partial charge in [0.2, 0.25) is 10.0 Å². The monoisotopic (exact) mass is 439 g/mol. The molecule has 0 saturated heterocycles. The van der Waals surface area contributed by atoms with E-state index in [4.69, 9.17) is 0 Å². The normalized spacial score (nSPS) is 13.0. The molecule has 2 aromatic heterocycles. The molecule has 0 aliphatic heterocycles. The van der Waals surface area contributed by atoms with Crippen LogP contribution in [0, 0.1) is 13.8 Å². The molecule has 0 radical (unpaired) electrons. The molecular formula is C22H25N5O3S. The van der Waals surface area contributed by atoms with Crippen molar-refractivity contribution in [3.05, 3.63) is 63.8 Å². The number of aryl methyl sites for hydroxylation is 2. The summed E-state index contributed by atoms with van der Waals surface area (Å²) in [5.41, 5.74) is 3.57. The first-order valence-electron chi connectivity index (χ1n) is 10.0. The summed E-state index contributed by atoms with van der Waals surface area (Å²) in [7, 11) is -2.25. The molecule has 4 aromatic rings. The maximum absolute atomic E-state index is 13.2. The third-order valence-corrected chi connectivity index (χ3v) is 7.05. The second-order valence-corrected chi connectivity index (χ2v) is 9.45. The molecule has 0 aliphatic carbocycles. The average Bonchev–Trinajstić information content (AvgIpc) is 3.02. The van der Waals surface area contributed by atoms with Gasteiger partial charge in [0.25, 0.3) is 5.56 Å². The standard InChI is InChI=1S/C22H25N5O3S/c1-12(9-18-13(2)15-7-5-6-8-17(15)26-18)27-31(29,30)21-10-16-19(11-20(21)23-4)24-14(3)25-22(16)28/h5-8,10-12,23,26-27H,9H2,1-4H3,(H,24,25,28). The number of rotatable bonds is 6. The molecule has 4 rings (SSSR count). The SMILES string of the molecule is CNc1cc2nc(C)[nH]c(=O)c2cc1S(=O)(=O)NC(C)Cc1[nH]c2ccccc2c1C. The predicted octanol–water partition coefficient (Wildman–Crippen LogP) is 2.97. The molecule has 2 heterocycles. The summed E-state index contributed by atoms with van der Waals surface area (Å²) in [6, 6.07) is 10.6. The summed E-state index contributed by atoms with van der Waals surface area (Å²) in [5.74, 6) is 0.468. The molecule has 0 saturated carbocycles. The average molecular weight is 440 g/mol. The lowest BCUT2D eigenvalue weighted by atomic mass is 10.1. The number of nitrogens with one attached hydrogen (secondary N) is 4. The molecule has 0 amide bonds. The van der Waals surface area contributed by atoms with Crippen LogP contribution in [0.3, 0.4) is 0 Å². The van der Waals surface area contributed by atoms with E-state index in [-0.39, 0.29) is 21.9 Å². The van der Waals surface area contributed by atoms with E-state index in [9.17, 15) is 13.2 Å². The van der Waals surface area contributed by atoms with Crippen LogP contribution in [0.4, 0.5) is 5.69 Å². The van der Waals surface area contributed by atoms with Crippen LogP contribution in [0.2, 0.25) is 0 Å². The summed E-state index contributed by atoms with van der Waals surface area (Å²) >= 11 is 0. The van der Waals surface area contributed by atoms with Crippen molar-refractivity contribution in [3.8, 4) is 0 Å². The lowest BCUT2D eigenvalue weighted by Crippen LogP contribution is -2.34. The number of aromatic amines is 2. The fraction of sp³-hybridized carbons (Fsp3) is 0.273. The minimum absolute atomic E-state index is 0.0128. The Morgan fingerprint density at radius 1 is 1.10 bits per heavy atom. The van der Waals surface area contributed by atoms with Gasteiger partial charge in [-0.15, -0.1) is 0 Å². The van der Waals surface area contributed by atoms with E-state index in [1.54, 1.807) is 20.0 Å². The van der Waals surface area contributed by atoms with Gasteiger partial charge in [-0.2, -0.15) is 0 Å². The van der Waals surface area contributed by atoms with E-state index < -0.39 is 10.0 Å². The molecule has 1 atom stereocenters. The van der Waals surface area contributed by atoms with Gasteiger partial charge in [-0.3, -0.25) is 4.79 Å². The van der Waals surface area contributed by atoms with Gasteiger partial charge in [0, 0.05) is 36.1 Å². The Morgan fingerprint density at radius 2 is 1.84 bits per heavy atom. The number of anilines is 1. The summed E-state index contributed by atoms with van der Waals surface area (Å²) in [5, 5.41) is 4.26. The van der Waals surface area contributed by atoms with Gasteiger partial charge in [0.05, 0.1) is 16.6 Å². The summed E-state index contributed by atoms with van der Waals surface area (Å²) in [4.78, 5) is 22.6. The van der Waals surface area contributed by atoms with Crippen molar-refractivity contribution in [1.29, 1.82) is 0 Å². The smallest absolute Gasteiger partial charge is 0.258 e. The fourth-order valence-corrected chi connectivity index (χ4v) is 5.38. The molecule has 2 aromatic carbocycles. The van der Waals surface area contributed by atoms with Gasteiger partial charge in [-0.25, -0.2) is 18.1 Å². The summed E-state index contributed by atoms with van der Waals surface area (Å²) in [6.07, 6.45) is 0.504. The van der Waals surface area contributed by atoms with E-state index in [0.717, 1.165) is 22.2 Å². The highest BCUT2D eigenvalue weighted by Crippen LogP contribution is 2.26.